The third-order valence-electron chi connectivity index (χ3n) is 12.3. The van der Waals surface area contributed by atoms with Crippen molar-refractivity contribution in [3.05, 3.63) is 48.6 Å². The Labute approximate surface area is 414 Å². The summed E-state index contributed by atoms with van der Waals surface area (Å²) in [5.74, 6) is -0.524. The number of rotatable bonds is 50. The molecular weight excluding hydrogens is 856 g/mol. The zero-order valence-corrected chi connectivity index (χ0v) is 45.5. The van der Waals surface area contributed by atoms with Crippen LogP contribution in [0.3, 0.4) is 0 Å². The van der Waals surface area contributed by atoms with Crippen molar-refractivity contribution in [1.29, 1.82) is 0 Å². The molecule has 0 saturated heterocycles. The number of amides is 1. The van der Waals surface area contributed by atoms with Crippen LogP contribution in [0.15, 0.2) is 48.6 Å². The molecule has 9 nitrogen and oxygen atoms in total. The molecule has 0 aliphatic rings. The quantitative estimate of drug-likeness (QED) is 0.0156. The van der Waals surface area contributed by atoms with Crippen molar-refractivity contribution in [3.63, 3.8) is 0 Å². The predicted molar refractivity (Wildman–Crippen MR) is 286 cm³/mol. The Kier molecular flexibility index (Phi) is 46.2. The van der Waals surface area contributed by atoms with E-state index in [1.807, 2.05) is 33.3 Å². The van der Waals surface area contributed by atoms with E-state index >= 15 is 0 Å². The topological polar surface area (TPSA) is 111 Å². The summed E-state index contributed by atoms with van der Waals surface area (Å²) in [5, 5.41) is 3.03. The van der Waals surface area contributed by atoms with Crippen LogP contribution >= 0.6 is 7.82 Å². The average Bonchev–Trinajstić information content (AvgIpc) is 3.28. The molecule has 392 valence electrons. The fraction of sp³-hybridized carbons (Fsp3) is 0.825. The molecule has 0 aromatic carbocycles. The van der Waals surface area contributed by atoms with Gasteiger partial charge in [0.25, 0.3) is 0 Å². The molecule has 0 spiro atoms. The van der Waals surface area contributed by atoms with Gasteiger partial charge < -0.3 is 19.4 Å². The Balaban J connectivity index is 5.32. The molecule has 3 atom stereocenters. The summed E-state index contributed by atoms with van der Waals surface area (Å²) >= 11 is 0. The third kappa shape index (κ3) is 48.8. The lowest BCUT2D eigenvalue weighted by Crippen LogP contribution is -2.47. The van der Waals surface area contributed by atoms with Gasteiger partial charge in [-0.25, -0.2) is 4.57 Å². The smallest absolute Gasteiger partial charge is 0.456 e. The molecule has 0 radical (unpaired) electrons. The molecule has 67 heavy (non-hydrogen) atoms. The second-order valence-corrected chi connectivity index (χ2v) is 21.6. The summed E-state index contributed by atoms with van der Waals surface area (Å²) in [4.78, 5) is 37.5. The number of hydrogen-bond acceptors (Lipinski definition) is 6. The molecule has 3 unspecified atom stereocenters. The minimum Gasteiger partial charge on any atom is -0.456 e. The number of quaternary nitrogens is 1. The number of unbranched alkanes of at least 4 members (excludes halogenated alkanes) is 30. The Morgan fingerprint density at radius 1 is 0.537 bits per heavy atom. The van der Waals surface area contributed by atoms with E-state index in [-0.39, 0.29) is 31.5 Å². The molecule has 0 heterocycles. The van der Waals surface area contributed by atoms with Crippen molar-refractivity contribution >= 4 is 19.7 Å². The Morgan fingerprint density at radius 2 is 0.955 bits per heavy atom. The average molecular weight is 964 g/mol. The Morgan fingerprint density at radius 3 is 1.42 bits per heavy atom. The minimum atomic E-state index is -4.44. The van der Waals surface area contributed by atoms with Gasteiger partial charge in [-0.2, -0.15) is 0 Å². The molecular formula is C57H108N2O7P+. The van der Waals surface area contributed by atoms with E-state index in [1.165, 1.54) is 135 Å². The largest absolute Gasteiger partial charge is 0.472 e. The van der Waals surface area contributed by atoms with E-state index in [0.717, 1.165) is 83.5 Å². The molecule has 2 N–H and O–H groups in total. The van der Waals surface area contributed by atoms with E-state index in [9.17, 15) is 19.0 Å². The molecule has 0 aliphatic heterocycles. The van der Waals surface area contributed by atoms with Crippen molar-refractivity contribution in [2.24, 2.45) is 0 Å². The van der Waals surface area contributed by atoms with E-state index in [4.69, 9.17) is 13.8 Å². The second kappa shape index (κ2) is 47.6. The number of nitrogens with one attached hydrogen (secondary N) is 1. The van der Waals surface area contributed by atoms with E-state index < -0.39 is 20.0 Å². The molecule has 0 aromatic rings. The van der Waals surface area contributed by atoms with E-state index in [2.05, 4.69) is 62.5 Å². The van der Waals surface area contributed by atoms with E-state index in [1.54, 1.807) is 0 Å². The van der Waals surface area contributed by atoms with Crippen molar-refractivity contribution in [1.82, 2.24) is 5.32 Å². The highest BCUT2D eigenvalue weighted by Gasteiger charge is 2.30. The van der Waals surface area contributed by atoms with Gasteiger partial charge in [0, 0.05) is 12.8 Å². The number of likely N-dealkylation sites (N-methyl/N-ethyl adjacent to an activating group) is 1. The lowest BCUT2D eigenvalue weighted by molar-refractivity contribution is -0.870. The first kappa shape index (κ1) is 65.0. The number of allylic oxidation sites excluding steroid dienone is 7. The summed E-state index contributed by atoms with van der Waals surface area (Å²) < 4.78 is 30.5. The van der Waals surface area contributed by atoms with Gasteiger partial charge in [0.1, 0.15) is 19.3 Å². The summed E-state index contributed by atoms with van der Waals surface area (Å²) in [5.41, 5.74) is 0. The molecule has 0 fully saturated rings. The van der Waals surface area contributed by atoms with Gasteiger partial charge >= 0.3 is 13.8 Å². The molecule has 0 bridgehead atoms. The van der Waals surface area contributed by atoms with Gasteiger partial charge in [-0.05, 0) is 51.0 Å². The van der Waals surface area contributed by atoms with Crippen LogP contribution in [-0.4, -0.2) is 74.3 Å². The molecule has 10 heteroatoms. The number of phosphoric acid groups is 1. The number of nitrogens with zero attached hydrogens (tertiary/aromatic N) is 1. The summed E-state index contributed by atoms with van der Waals surface area (Å²) in [6.07, 6.45) is 56.8. The molecule has 1 amide bonds. The number of carbonyl (C=O) groups excluding carboxylic acids is 2. The molecule has 0 aromatic heterocycles. The Hall–Kier alpha value is -2.03. The molecule has 0 aliphatic carbocycles. The van der Waals surface area contributed by atoms with Crippen LogP contribution in [0, 0.1) is 0 Å². The zero-order valence-electron chi connectivity index (χ0n) is 44.6. The van der Waals surface area contributed by atoms with Crippen LogP contribution in [-0.2, 0) is 27.9 Å². The van der Waals surface area contributed by atoms with Gasteiger partial charge in [0.05, 0.1) is 33.8 Å². The van der Waals surface area contributed by atoms with Crippen molar-refractivity contribution in [2.45, 2.75) is 264 Å². The normalized spacial score (nSPS) is 14.2. The highest BCUT2D eigenvalue weighted by molar-refractivity contribution is 7.47. The first-order chi connectivity index (χ1) is 32.4. The number of phosphoric ester groups is 1. The van der Waals surface area contributed by atoms with Crippen LogP contribution in [0.5, 0.6) is 0 Å². The number of esters is 1. The van der Waals surface area contributed by atoms with Gasteiger partial charge in [0.2, 0.25) is 5.91 Å². The van der Waals surface area contributed by atoms with Crippen LogP contribution in [0.2, 0.25) is 0 Å². The maximum absolute atomic E-state index is 13.4. The van der Waals surface area contributed by atoms with Gasteiger partial charge in [-0.15, -0.1) is 0 Å². The van der Waals surface area contributed by atoms with Gasteiger partial charge in [0.15, 0.2) is 0 Å². The van der Waals surface area contributed by atoms with Crippen LogP contribution in [0.1, 0.15) is 252 Å². The number of carbonyl (C=O) groups is 2. The van der Waals surface area contributed by atoms with Crippen molar-refractivity contribution in [2.75, 3.05) is 40.9 Å². The first-order valence-electron chi connectivity index (χ1n) is 28.0. The molecule has 0 rings (SSSR count). The lowest BCUT2D eigenvalue weighted by atomic mass is 10.0. The third-order valence-corrected chi connectivity index (χ3v) is 13.3. The first-order valence-corrected chi connectivity index (χ1v) is 29.5. The maximum atomic E-state index is 13.4. The standard InChI is InChI=1S/C57H107N2O7P/c1-7-10-13-16-19-22-25-27-28-29-30-32-35-38-41-44-47-50-57(61)66-55(48-45-42-39-36-33-24-21-18-15-12-9-3)54(53-65-67(62,63)64-52-51-59(4,5)6)58-56(60)49-46-43-40-37-34-31-26-23-20-17-14-11-8-2/h11,14,17,20,23,26,45,48,54-55H,7-10,12-13,15-16,18-19,21-22,24-25,27-44,46-47,49-53H2,1-6H3,(H-,58,60,62,63)/p+1/b14-11+,20-17+,26-23-,48-45+. The van der Waals surface area contributed by atoms with Crippen LogP contribution in [0.4, 0.5) is 0 Å². The monoisotopic (exact) mass is 964 g/mol. The van der Waals surface area contributed by atoms with E-state index in [0.29, 0.717) is 17.4 Å². The fourth-order valence-electron chi connectivity index (χ4n) is 8.00. The fourth-order valence-corrected chi connectivity index (χ4v) is 8.73. The van der Waals surface area contributed by atoms with Gasteiger partial charge in [-0.3, -0.25) is 18.6 Å². The number of ether oxygens (including phenoxy) is 1. The van der Waals surface area contributed by atoms with Gasteiger partial charge in [-0.1, -0.05) is 237 Å². The zero-order chi connectivity index (χ0) is 49.4. The predicted octanol–water partition coefficient (Wildman–Crippen LogP) is 16.6. The number of hydrogen-bond donors (Lipinski definition) is 2. The summed E-state index contributed by atoms with van der Waals surface area (Å²) in [7, 11) is 1.48. The van der Waals surface area contributed by atoms with Crippen molar-refractivity contribution < 1.29 is 37.3 Å². The summed E-state index contributed by atoms with van der Waals surface area (Å²) in [6.45, 7) is 6.86. The molecule has 0 saturated carbocycles. The Bertz CT molecular complexity index is 1290. The minimum absolute atomic E-state index is 0.0364. The maximum Gasteiger partial charge on any atom is 0.472 e. The second-order valence-electron chi connectivity index (χ2n) is 20.1. The lowest BCUT2D eigenvalue weighted by Gasteiger charge is -2.27. The highest BCUT2D eigenvalue weighted by atomic mass is 31.2. The SMILES string of the molecule is CC/C=C/C=C/C=C\CCCCCCCC(=O)NC(COP(=O)(O)OCC[N+](C)(C)C)C(/C=C/CCCCCCCCCCC)OC(=O)CCCCCCCCCCCCCCCCCCC. The van der Waals surface area contributed by atoms with Crippen molar-refractivity contribution in [3.8, 4) is 0 Å². The van der Waals surface area contributed by atoms with Crippen LogP contribution < -0.4 is 5.32 Å². The van der Waals surface area contributed by atoms with Crippen LogP contribution in [0.25, 0.3) is 0 Å². The summed E-state index contributed by atoms with van der Waals surface area (Å²) in [6, 6.07) is -0.854. The highest BCUT2D eigenvalue weighted by Crippen LogP contribution is 2.43.